The lowest BCUT2D eigenvalue weighted by atomic mass is 10.1. The van der Waals surface area contributed by atoms with E-state index in [1.807, 2.05) is 0 Å². The highest BCUT2D eigenvalue weighted by Crippen LogP contribution is 2.01. The summed E-state index contributed by atoms with van der Waals surface area (Å²) in [6.45, 7) is 0.698. The molecule has 12 heavy (non-hydrogen) atoms. The molecule has 0 heterocycles. The molecule has 0 unspecified atom stereocenters. The lowest BCUT2D eigenvalue weighted by Gasteiger charge is -1.96. The molecule has 0 fully saturated rings. The van der Waals surface area contributed by atoms with Crippen LogP contribution in [0.2, 0.25) is 0 Å². The van der Waals surface area contributed by atoms with Gasteiger partial charge in [0.05, 0.1) is 0 Å². The first-order chi connectivity index (χ1) is 5.77. The maximum Gasteiger partial charge on any atom is 0.185 e. The molecule has 0 aliphatic carbocycles. The fourth-order valence-electron chi connectivity index (χ4n) is 0.901. The number of carbonyl (C=O) groups excluding carboxylic acids is 1. The van der Waals surface area contributed by atoms with Crippen LogP contribution in [0.5, 0.6) is 0 Å². The second-order valence-electron chi connectivity index (χ2n) is 2.68. The lowest BCUT2D eigenvalue weighted by Crippen LogP contribution is -2.22. The minimum Gasteiger partial charge on any atom is -0.370 e. The quantitative estimate of drug-likeness (QED) is 0.252. The minimum atomic E-state index is 0.155. The van der Waals surface area contributed by atoms with Crippen LogP contribution in [0.3, 0.4) is 0 Å². The van der Waals surface area contributed by atoms with Crippen LogP contribution >= 0.6 is 0 Å². The molecule has 70 valence electrons. The Balaban J connectivity index is 3.00. The maximum atomic E-state index is 9.93. The predicted octanol–water partition coefficient (Wildman–Crippen LogP) is 0.409. The van der Waals surface area contributed by atoms with E-state index in [9.17, 15) is 4.79 Å². The first-order valence-corrected chi connectivity index (χ1v) is 4.26. The summed E-state index contributed by atoms with van der Waals surface area (Å²) in [6, 6.07) is 0. The Hall–Kier alpha value is -1.06. The van der Waals surface area contributed by atoms with Gasteiger partial charge in [0.15, 0.2) is 5.96 Å². The minimum absolute atomic E-state index is 0.155. The van der Waals surface area contributed by atoms with E-state index in [0.29, 0.717) is 13.0 Å². The molecule has 4 nitrogen and oxygen atoms in total. The van der Waals surface area contributed by atoms with Crippen molar-refractivity contribution in [3.8, 4) is 0 Å². The highest BCUT2D eigenvalue weighted by atomic mass is 16.1. The predicted molar refractivity (Wildman–Crippen MR) is 49.8 cm³/mol. The number of hydrogen-bond donors (Lipinski definition) is 2. The van der Waals surface area contributed by atoms with Crippen LogP contribution in [0.15, 0.2) is 4.99 Å². The standard InChI is InChI=1S/C8H17N3O/c9-8(10)11-6-4-2-1-3-5-7-12/h7H,1-6H2,(H4,9,10,11). The number of hydrogen-bond acceptors (Lipinski definition) is 2. The third-order valence-corrected chi connectivity index (χ3v) is 1.52. The summed E-state index contributed by atoms with van der Waals surface area (Å²) in [6.07, 6.45) is 5.77. The van der Waals surface area contributed by atoms with Crippen LogP contribution in [-0.4, -0.2) is 18.8 Å². The fraction of sp³-hybridized carbons (Fsp3) is 0.750. The maximum absolute atomic E-state index is 9.93. The molecule has 0 aromatic carbocycles. The normalized spacial score (nSPS) is 9.33. The molecular formula is C8H17N3O. The Morgan fingerprint density at radius 1 is 1.17 bits per heavy atom. The van der Waals surface area contributed by atoms with Crippen LogP contribution in [0.25, 0.3) is 0 Å². The monoisotopic (exact) mass is 171 g/mol. The Bertz CT molecular complexity index is 141. The molecular weight excluding hydrogens is 154 g/mol. The van der Waals surface area contributed by atoms with E-state index in [-0.39, 0.29) is 5.96 Å². The molecule has 4 N–H and O–H groups in total. The van der Waals surface area contributed by atoms with Gasteiger partial charge in [0.1, 0.15) is 6.29 Å². The van der Waals surface area contributed by atoms with Gasteiger partial charge in [-0.3, -0.25) is 4.99 Å². The number of rotatable bonds is 7. The molecule has 0 saturated heterocycles. The largest absolute Gasteiger partial charge is 0.370 e. The summed E-state index contributed by atoms with van der Waals surface area (Å²) in [4.78, 5) is 13.8. The van der Waals surface area contributed by atoms with Crippen LogP contribution in [-0.2, 0) is 4.79 Å². The highest BCUT2D eigenvalue weighted by molar-refractivity contribution is 5.75. The van der Waals surface area contributed by atoms with E-state index in [1.165, 1.54) is 0 Å². The van der Waals surface area contributed by atoms with Gasteiger partial charge in [-0.05, 0) is 12.8 Å². The summed E-state index contributed by atoms with van der Waals surface area (Å²) in [5, 5.41) is 0. The zero-order valence-corrected chi connectivity index (χ0v) is 7.33. The molecule has 0 aliphatic rings. The van der Waals surface area contributed by atoms with Gasteiger partial charge < -0.3 is 16.3 Å². The molecule has 0 amide bonds. The molecule has 0 aliphatic heterocycles. The number of carbonyl (C=O) groups is 1. The van der Waals surface area contributed by atoms with Crippen LogP contribution in [0, 0.1) is 0 Å². The average molecular weight is 171 g/mol. The number of guanidine groups is 1. The van der Waals surface area contributed by atoms with Gasteiger partial charge in [0, 0.05) is 13.0 Å². The van der Waals surface area contributed by atoms with Gasteiger partial charge in [-0.15, -0.1) is 0 Å². The van der Waals surface area contributed by atoms with Crippen LogP contribution in [0.4, 0.5) is 0 Å². The molecule has 4 heteroatoms. The second kappa shape index (κ2) is 8.04. The van der Waals surface area contributed by atoms with Gasteiger partial charge in [-0.2, -0.15) is 0 Å². The van der Waals surface area contributed by atoms with Crippen molar-refractivity contribution in [1.29, 1.82) is 0 Å². The number of aliphatic imine (C=N–C) groups is 1. The number of unbranched alkanes of at least 4 members (excludes halogenated alkanes) is 4. The zero-order chi connectivity index (χ0) is 9.23. The van der Waals surface area contributed by atoms with Gasteiger partial charge in [-0.25, -0.2) is 0 Å². The SMILES string of the molecule is NC(N)=NCCCCCCC=O. The van der Waals surface area contributed by atoms with Crippen molar-refractivity contribution in [1.82, 2.24) is 0 Å². The van der Waals surface area contributed by atoms with Crippen molar-refractivity contribution < 1.29 is 4.79 Å². The molecule has 0 radical (unpaired) electrons. The van der Waals surface area contributed by atoms with E-state index >= 15 is 0 Å². The van der Waals surface area contributed by atoms with Gasteiger partial charge in [0.2, 0.25) is 0 Å². The lowest BCUT2D eigenvalue weighted by molar-refractivity contribution is -0.107. The van der Waals surface area contributed by atoms with Crippen molar-refractivity contribution in [3.63, 3.8) is 0 Å². The van der Waals surface area contributed by atoms with E-state index in [0.717, 1.165) is 32.0 Å². The third-order valence-electron chi connectivity index (χ3n) is 1.52. The Labute approximate surface area is 73.0 Å². The number of nitrogens with zero attached hydrogens (tertiary/aromatic N) is 1. The van der Waals surface area contributed by atoms with Crippen molar-refractivity contribution in [3.05, 3.63) is 0 Å². The first kappa shape index (κ1) is 10.9. The van der Waals surface area contributed by atoms with Crippen LogP contribution in [0.1, 0.15) is 32.1 Å². The molecule has 0 rings (SSSR count). The van der Waals surface area contributed by atoms with Crippen molar-refractivity contribution in [2.75, 3.05) is 6.54 Å². The van der Waals surface area contributed by atoms with Gasteiger partial charge in [0.25, 0.3) is 0 Å². The Morgan fingerprint density at radius 3 is 2.42 bits per heavy atom. The number of aldehydes is 1. The van der Waals surface area contributed by atoms with E-state index in [2.05, 4.69) is 4.99 Å². The molecule has 0 saturated carbocycles. The average Bonchev–Trinajstić information content (AvgIpc) is 2.02. The molecule has 0 atom stereocenters. The fourth-order valence-corrected chi connectivity index (χ4v) is 0.901. The van der Waals surface area contributed by atoms with E-state index in [1.54, 1.807) is 0 Å². The Morgan fingerprint density at radius 2 is 1.83 bits per heavy atom. The number of nitrogens with two attached hydrogens (primary N) is 2. The van der Waals surface area contributed by atoms with Crippen molar-refractivity contribution in [2.45, 2.75) is 32.1 Å². The molecule has 0 bridgehead atoms. The summed E-state index contributed by atoms with van der Waals surface area (Å²) in [5.74, 6) is 0.155. The molecule has 0 spiro atoms. The van der Waals surface area contributed by atoms with Gasteiger partial charge >= 0.3 is 0 Å². The summed E-state index contributed by atoms with van der Waals surface area (Å²) >= 11 is 0. The smallest absolute Gasteiger partial charge is 0.185 e. The molecule has 0 aromatic heterocycles. The third kappa shape index (κ3) is 8.94. The summed E-state index contributed by atoms with van der Waals surface area (Å²) in [5.41, 5.74) is 10.3. The second-order valence-corrected chi connectivity index (χ2v) is 2.68. The summed E-state index contributed by atoms with van der Waals surface area (Å²) in [7, 11) is 0. The van der Waals surface area contributed by atoms with Crippen molar-refractivity contribution in [2.24, 2.45) is 16.5 Å². The molecule has 0 aromatic rings. The van der Waals surface area contributed by atoms with Gasteiger partial charge in [-0.1, -0.05) is 12.8 Å². The first-order valence-electron chi connectivity index (χ1n) is 4.26. The van der Waals surface area contributed by atoms with Crippen molar-refractivity contribution >= 4 is 12.2 Å². The zero-order valence-electron chi connectivity index (χ0n) is 7.33. The Kier molecular flexibility index (Phi) is 7.33. The highest BCUT2D eigenvalue weighted by Gasteiger charge is 1.88. The van der Waals surface area contributed by atoms with E-state index < -0.39 is 0 Å². The van der Waals surface area contributed by atoms with E-state index in [4.69, 9.17) is 11.5 Å². The topological polar surface area (TPSA) is 81.5 Å². The van der Waals surface area contributed by atoms with Crippen LogP contribution < -0.4 is 11.5 Å². The summed E-state index contributed by atoms with van der Waals surface area (Å²) < 4.78 is 0.